The van der Waals surface area contributed by atoms with E-state index in [2.05, 4.69) is 21.2 Å². The number of esters is 2. The number of hydrogen-bond donors (Lipinski definition) is 1. The number of nitrogens with one attached hydrogen (secondary N) is 1. The standard InChI is InChI=1S/C21H20BrNO4/c22-17(13-19(24)27-21(26)18-7-4-12-23-18)20(25)16-10-8-15(9-11-16)14-5-2-1-3-6-14/h1-3,5-6,8-11,17-18,23H,4,7,12-13H2/t17?,18-/m0/s1. The molecule has 3 rings (SSSR count). The molecule has 1 N–H and O–H groups in total. The molecule has 0 bridgehead atoms. The number of halogens is 1. The van der Waals surface area contributed by atoms with E-state index in [-0.39, 0.29) is 12.2 Å². The van der Waals surface area contributed by atoms with Crippen LogP contribution in [0, 0.1) is 0 Å². The predicted octanol–water partition coefficient (Wildman–Crippen LogP) is 3.51. The SMILES string of the molecule is O=C(CC(Br)C(=O)c1ccc(-c2ccccc2)cc1)OC(=O)[C@@H]1CCCN1. The van der Waals surface area contributed by atoms with Crippen molar-refractivity contribution in [3.8, 4) is 11.1 Å². The van der Waals surface area contributed by atoms with Crippen molar-refractivity contribution in [1.29, 1.82) is 0 Å². The van der Waals surface area contributed by atoms with Gasteiger partial charge in [0.25, 0.3) is 0 Å². The maximum Gasteiger partial charge on any atom is 0.330 e. The molecule has 140 valence electrons. The van der Waals surface area contributed by atoms with Crippen LogP contribution in [0.5, 0.6) is 0 Å². The molecule has 0 amide bonds. The van der Waals surface area contributed by atoms with Crippen LogP contribution in [0.3, 0.4) is 0 Å². The summed E-state index contributed by atoms with van der Waals surface area (Å²) in [6.07, 6.45) is 1.35. The molecule has 2 aromatic rings. The average Bonchev–Trinajstić information content (AvgIpc) is 3.23. The van der Waals surface area contributed by atoms with Crippen LogP contribution in [0.1, 0.15) is 29.6 Å². The lowest BCUT2D eigenvalue weighted by Gasteiger charge is -2.11. The van der Waals surface area contributed by atoms with Gasteiger partial charge in [-0.25, -0.2) is 4.79 Å². The van der Waals surface area contributed by atoms with Gasteiger partial charge in [-0.05, 0) is 30.5 Å². The molecule has 1 fully saturated rings. The van der Waals surface area contributed by atoms with Gasteiger partial charge in [-0.2, -0.15) is 0 Å². The Morgan fingerprint density at radius 3 is 2.33 bits per heavy atom. The predicted molar refractivity (Wildman–Crippen MR) is 106 cm³/mol. The van der Waals surface area contributed by atoms with Crippen molar-refractivity contribution >= 4 is 33.7 Å². The smallest absolute Gasteiger partial charge is 0.330 e. The molecule has 2 atom stereocenters. The maximum atomic E-state index is 12.5. The third-order valence-electron chi connectivity index (χ3n) is 4.47. The lowest BCUT2D eigenvalue weighted by molar-refractivity contribution is -0.160. The number of carbonyl (C=O) groups is 3. The van der Waals surface area contributed by atoms with Crippen molar-refractivity contribution in [2.24, 2.45) is 0 Å². The number of ketones is 1. The van der Waals surface area contributed by atoms with E-state index in [9.17, 15) is 14.4 Å². The van der Waals surface area contributed by atoms with Crippen LogP contribution < -0.4 is 5.32 Å². The van der Waals surface area contributed by atoms with Crippen LogP contribution in [0.25, 0.3) is 11.1 Å². The van der Waals surface area contributed by atoms with Crippen molar-refractivity contribution in [2.75, 3.05) is 6.54 Å². The number of hydrogen-bond acceptors (Lipinski definition) is 5. The molecule has 0 spiro atoms. The molecule has 6 heteroatoms. The summed E-state index contributed by atoms with van der Waals surface area (Å²) in [7, 11) is 0. The maximum absolute atomic E-state index is 12.5. The molecule has 1 aliphatic rings. The van der Waals surface area contributed by atoms with Gasteiger partial charge in [-0.3, -0.25) is 9.59 Å². The normalized spacial score (nSPS) is 17.3. The Morgan fingerprint density at radius 2 is 1.70 bits per heavy atom. The van der Waals surface area contributed by atoms with Gasteiger partial charge in [0.1, 0.15) is 6.04 Å². The summed E-state index contributed by atoms with van der Waals surface area (Å²) in [6, 6.07) is 16.6. The number of rotatable bonds is 6. The first kappa shape index (κ1) is 19.5. The van der Waals surface area contributed by atoms with E-state index < -0.39 is 22.8 Å². The van der Waals surface area contributed by atoms with Crippen LogP contribution in [0.15, 0.2) is 54.6 Å². The largest absolute Gasteiger partial charge is 0.392 e. The van der Waals surface area contributed by atoms with E-state index in [4.69, 9.17) is 4.74 Å². The molecule has 1 unspecified atom stereocenters. The molecule has 27 heavy (non-hydrogen) atoms. The van der Waals surface area contributed by atoms with Crippen LogP contribution in [0.2, 0.25) is 0 Å². The molecule has 0 radical (unpaired) electrons. The molecule has 1 saturated heterocycles. The monoisotopic (exact) mass is 429 g/mol. The second kappa shape index (κ2) is 9.06. The minimum Gasteiger partial charge on any atom is -0.392 e. The minimum absolute atomic E-state index is 0.197. The van der Waals surface area contributed by atoms with Crippen LogP contribution in [-0.2, 0) is 14.3 Å². The zero-order chi connectivity index (χ0) is 19.2. The van der Waals surface area contributed by atoms with E-state index in [0.717, 1.165) is 24.1 Å². The van der Waals surface area contributed by atoms with E-state index in [0.29, 0.717) is 12.0 Å². The van der Waals surface area contributed by atoms with E-state index in [1.807, 2.05) is 42.5 Å². The molecular weight excluding hydrogens is 410 g/mol. The summed E-state index contributed by atoms with van der Waals surface area (Å²) in [5, 5.41) is 2.98. The molecule has 0 aliphatic carbocycles. The van der Waals surface area contributed by atoms with Crippen molar-refractivity contribution in [1.82, 2.24) is 5.32 Å². The van der Waals surface area contributed by atoms with Gasteiger partial charge in [-0.1, -0.05) is 70.5 Å². The third-order valence-corrected chi connectivity index (χ3v) is 5.21. The summed E-state index contributed by atoms with van der Waals surface area (Å²) in [6.45, 7) is 0.743. The Morgan fingerprint density at radius 1 is 1.04 bits per heavy atom. The first-order valence-electron chi connectivity index (χ1n) is 8.86. The minimum atomic E-state index is -0.739. The van der Waals surface area contributed by atoms with Crippen molar-refractivity contribution in [3.63, 3.8) is 0 Å². The van der Waals surface area contributed by atoms with E-state index >= 15 is 0 Å². The Balaban J connectivity index is 1.56. The van der Waals surface area contributed by atoms with Gasteiger partial charge >= 0.3 is 11.9 Å². The molecule has 0 aromatic heterocycles. The van der Waals surface area contributed by atoms with Crippen LogP contribution >= 0.6 is 15.9 Å². The van der Waals surface area contributed by atoms with Gasteiger partial charge in [0.05, 0.1) is 11.2 Å². The second-order valence-corrected chi connectivity index (χ2v) is 7.53. The molecule has 1 heterocycles. The van der Waals surface area contributed by atoms with Crippen molar-refractivity contribution < 1.29 is 19.1 Å². The zero-order valence-electron chi connectivity index (χ0n) is 14.7. The zero-order valence-corrected chi connectivity index (χ0v) is 16.3. The Bertz CT molecular complexity index is 814. The summed E-state index contributed by atoms with van der Waals surface area (Å²) >= 11 is 3.24. The van der Waals surface area contributed by atoms with E-state index in [1.54, 1.807) is 12.1 Å². The highest BCUT2D eigenvalue weighted by Gasteiger charge is 2.28. The molecule has 2 aromatic carbocycles. The second-order valence-electron chi connectivity index (χ2n) is 6.42. The summed E-state index contributed by atoms with van der Waals surface area (Å²) in [5.74, 6) is -1.50. The third kappa shape index (κ3) is 5.11. The summed E-state index contributed by atoms with van der Waals surface area (Å²) < 4.78 is 4.85. The lowest BCUT2D eigenvalue weighted by Crippen LogP contribution is -2.34. The number of carbonyl (C=O) groups excluding carboxylic acids is 3. The Hall–Kier alpha value is -2.31. The topological polar surface area (TPSA) is 72.5 Å². The first-order valence-corrected chi connectivity index (χ1v) is 9.78. The summed E-state index contributed by atoms with van der Waals surface area (Å²) in [4.78, 5) is 35.6. The quantitative estimate of drug-likeness (QED) is 0.329. The van der Waals surface area contributed by atoms with Gasteiger partial charge in [0.15, 0.2) is 5.78 Å². The van der Waals surface area contributed by atoms with Crippen molar-refractivity contribution in [2.45, 2.75) is 30.1 Å². The average molecular weight is 430 g/mol. The van der Waals surface area contributed by atoms with Crippen LogP contribution in [-0.4, -0.2) is 35.1 Å². The molecule has 1 aliphatic heterocycles. The van der Waals surface area contributed by atoms with Gasteiger partial charge in [-0.15, -0.1) is 0 Å². The lowest BCUT2D eigenvalue weighted by atomic mass is 10.0. The molecule has 0 saturated carbocycles. The summed E-state index contributed by atoms with van der Waals surface area (Å²) in [5.41, 5.74) is 2.56. The van der Waals surface area contributed by atoms with Crippen molar-refractivity contribution in [3.05, 3.63) is 60.2 Å². The van der Waals surface area contributed by atoms with Gasteiger partial charge < -0.3 is 10.1 Å². The fraction of sp³-hybridized carbons (Fsp3) is 0.286. The van der Waals surface area contributed by atoms with Gasteiger partial charge in [0, 0.05) is 5.56 Å². The highest BCUT2D eigenvalue weighted by Crippen LogP contribution is 2.21. The van der Waals surface area contributed by atoms with Crippen LogP contribution in [0.4, 0.5) is 0 Å². The number of Topliss-reactive ketones (excluding diaryl/α,β-unsaturated/α-hetero) is 1. The number of alkyl halides is 1. The van der Waals surface area contributed by atoms with Gasteiger partial charge in [0.2, 0.25) is 0 Å². The van der Waals surface area contributed by atoms with E-state index in [1.165, 1.54) is 0 Å². The molecule has 5 nitrogen and oxygen atoms in total. The highest BCUT2D eigenvalue weighted by atomic mass is 79.9. The highest BCUT2D eigenvalue weighted by molar-refractivity contribution is 9.10. The Kier molecular flexibility index (Phi) is 6.53. The molecular formula is C21H20BrNO4. The number of ether oxygens (including phenoxy) is 1. The number of benzene rings is 2. The Labute approximate surface area is 166 Å². The first-order chi connectivity index (χ1) is 13.0. The fourth-order valence-electron chi connectivity index (χ4n) is 2.99. The fourth-order valence-corrected chi connectivity index (χ4v) is 3.52.